The van der Waals surface area contributed by atoms with Gasteiger partial charge < -0.3 is 4.90 Å². The highest BCUT2D eigenvalue weighted by Crippen LogP contribution is 2.28. The summed E-state index contributed by atoms with van der Waals surface area (Å²) < 4.78 is 28.7. The Morgan fingerprint density at radius 2 is 1.83 bits per heavy atom. The van der Waals surface area contributed by atoms with Gasteiger partial charge in [0.15, 0.2) is 11.5 Å². The largest absolute Gasteiger partial charge is 0.342 e. The van der Waals surface area contributed by atoms with Crippen molar-refractivity contribution in [2.24, 2.45) is 0 Å². The van der Waals surface area contributed by atoms with Crippen LogP contribution in [0.5, 0.6) is 0 Å². The summed E-state index contributed by atoms with van der Waals surface area (Å²) in [6.07, 6.45) is 1.40. The quantitative estimate of drug-likeness (QED) is 0.658. The highest BCUT2D eigenvalue weighted by Gasteiger charge is 2.28. The number of carbonyl (C=O) groups is 1. The van der Waals surface area contributed by atoms with Crippen molar-refractivity contribution in [2.75, 3.05) is 13.1 Å². The smallest absolute Gasteiger partial charge is 0.227 e. The van der Waals surface area contributed by atoms with Crippen LogP contribution in [0.3, 0.4) is 0 Å². The molecule has 1 fully saturated rings. The van der Waals surface area contributed by atoms with Crippen LogP contribution >= 0.6 is 0 Å². The third kappa shape index (κ3) is 4.04. The van der Waals surface area contributed by atoms with Crippen LogP contribution in [0.25, 0.3) is 5.65 Å². The lowest BCUT2D eigenvalue weighted by molar-refractivity contribution is -0.131. The van der Waals surface area contributed by atoms with E-state index in [0.717, 1.165) is 30.4 Å². The van der Waals surface area contributed by atoms with Gasteiger partial charge in [0.05, 0.1) is 12.1 Å². The standard InChI is InChI=1S/C22H25F2N5O/c1-22(2,3)18-6-7-19-25-26-21(29(19)27-18)14-8-10-28(11-9-14)20(30)12-15-4-5-16(23)13-17(15)24/h4-7,13-14H,8-12H2,1-3H3. The van der Waals surface area contributed by atoms with Gasteiger partial charge >= 0.3 is 0 Å². The maximum atomic E-state index is 13.9. The molecule has 0 N–H and O–H groups in total. The molecule has 0 saturated carbocycles. The molecule has 2 aromatic heterocycles. The molecular weight excluding hydrogens is 388 g/mol. The first kappa shape index (κ1) is 20.4. The molecule has 4 rings (SSSR count). The summed E-state index contributed by atoms with van der Waals surface area (Å²) in [4.78, 5) is 14.3. The Morgan fingerprint density at radius 1 is 1.10 bits per heavy atom. The second-order valence-corrected chi connectivity index (χ2v) is 8.86. The Balaban J connectivity index is 1.45. The van der Waals surface area contributed by atoms with E-state index in [0.29, 0.717) is 18.7 Å². The summed E-state index contributed by atoms with van der Waals surface area (Å²) in [5, 5.41) is 13.4. The van der Waals surface area contributed by atoms with Crippen LogP contribution in [0.4, 0.5) is 8.78 Å². The Bertz CT molecular complexity index is 1080. The number of amides is 1. The van der Waals surface area contributed by atoms with Crippen molar-refractivity contribution in [3.05, 3.63) is 59.0 Å². The highest BCUT2D eigenvalue weighted by molar-refractivity contribution is 5.79. The number of hydrogen-bond donors (Lipinski definition) is 0. The van der Waals surface area contributed by atoms with E-state index < -0.39 is 11.6 Å². The second-order valence-electron chi connectivity index (χ2n) is 8.86. The minimum absolute atomic E-state index is 0.0683. The summed E-state index contributed by atoms with van der Waals surface area (Å²) in [6.45, 7) is 7.44. The first-order valence-electron chi connectivity index (χ1n) is 10.2. The third-order valence-electron chi connectivity index (χ3n) is 5.62. The van der Waals surface area contributed by atoms with Gasteiger partial charge in [-0.05, 0) is 36.6 Å². The summed E-state index contributed by atoms with van der Waals surface area (Å²) in [7, 11) is 0. The number of hydrogen-bond acceptors (Lipinski definition) is 4. The highest BCUT2D eigenvalue weighted by atomic mass is 19.1. The minimum Gasteiger partial charge on any atom is -0.342 e. The van der Waals surface area contributed by atoms with Crippen LogP contribution in [-0.2, 0) is 16.6 Å². The molecule has 3 heterocycles. The van der Waals surface area contributed by atoms with Gasteiger partial charge in [-0.15, -0.1) is 10.2 Å². The van der Waals surface area contributed by atoms with Crippen molar-refractivity contribution in [1.29, 1.82) is 0 Å². The molecule has 0 spiro atoms. The predicted molar refractivity (Wildman–Crippen MR) is 108 cm³/mol. The molecule has 1 aliphatic heterocycles. The molecule has 3 aromatic rings. The van der Waals surface area contributed by atoms with Crippen molar-refractivity contribution < 1.29 is 13.6 Å². The lowest BCUT2D eigenvalue weighted by Gasteiger charge is -2.31. The van der Waals surface area contributed by atoms with Crippen molar-refractivity contribution in [1.82, 2.24) is 24.7 Å². The van der Waals surface area contributed by atoms with Gasteiger partial charge in [0, 0.05) is 30.5 Å². The molecule has 0 radical (unpaired) electrons. The third-order valence-corrected chi connectivity index (χ3v) is 5.62. The van der Waals surface area contributed by atoms with E-state index in [1.165, 1.54) is 12.1 Å². The number of benzene rings is 1. The van der Waals surface area contributed by atoms with Gasteiger partial charge in [-0.1, -0.05) is 26.8 Å². The SMILES string of the molecule is CC(C)(C)c1ccc2nnc(C3CCN(C(=O)Cc4ccc(F)cc4F)CC3)n2n1. The summed E-state index contributed by atoms with van der Waals surface area (Å²) >= 11 is 0. The minimum atomic E-state index is -0.686. The molecule has 6 nitrogen and oxygen atoms in total. The number of piperidine rings is 1. The maximum Gasteiger partial charge on any atom is 0.227 e. The van der Waals surface area contributed by atoms with E-state index in [9.17, 15) is 13.6 Å². The molecule has 8 heteroatoms. The summed E-state index contributed by atoms with van der Waals surface area (Å²) in [6, 6.07) is 7.22. The monoisotopic (exact) mass is 413 g/mol. The molecule has 158 valence electrons. The molecule has 1 saturated heterocycles. The van der Waals surface area contributed by atoms with E-state index >= 15 is 0 Å². The fourth-order valence-electron chi connectivity index (χ4n) is 3.79. The van der Waals surface area contributed by atoms with Gasteiger partial charge in [0.2, 0.25) is 5.91 Å². The molecule has 30 heavy (non-hydrogen) atoms. The van der Waals surface area contributed by atoms with Crippen molar-refractivity contribution in [2.45, 2.75) is 51.4 Å². The zero-order valence-corrected chi connectivity index (χ0v) is 17.4. The van der Waals surface area contributed by atoms with E-state index in [1.54, 1.807) is 4.90 Å². The number of halogens is 2. The number of rotatable bonds is 3. The number of aromatic nitrogens is 4. The molecular formula is C22H25F2N5O. The average Bonchev–Trinajstić information content (AvgIpc) is 3.13. The van der Waals surface area contributed by atoms with Gasteiger partial charge in [0.25, 0.3) is 0 Å². The molecule has 0 bridgehead atoms. The van der Waals surface area contributed by atoms with Crippen LogP contribution in [0.2, 0.25) is 0 Å². The molecule has 1 aromatic carbocycles. The first-order valence-corrected chi connectivity index (χ1v) is 10.2. The Kier molecular flexibility index (Phi) is 5.26. The Labute approximate surface area is 173 Å². The summed E-state index contributed by atoms with van der Waals surface area (Å²) in [5.41, 5.74) is 1.81. The van der Waals surface area contributed by atoms with Gasteiger partial charge in [-0.25, -0.2) is 8.78 Å². The average molecular weight is 413 g/mol. The lowest BCUT2D eigenvalue weighted by Crippen LogP contribution is -2.39. The van der Waals surface area contributed by atoms with Crippen LogP contribution in [0.15, 0.2) is 30.3 Å². The first-order chi connectivity index (χ1) is 14.2. The normalized spacial score (nSPS) is 15.7. The predicted octanol–water partition coefficient (Wildman–Crippen LogP) is 3.65. The topological polar surface area (TPSA) is 63.4 Å². The van der Waals surface area contributed by atoms with Crippen molar-refractivity contribution in [3.8, 4) is 0 Å². The molecule has 1 aliphatic rings. The van der Waals surface area contributed by atoms with Gasteiger partial charge in [-0.2, -0.15) is 9.61 Å². The lowest BCUT2D eigenvalue weighted by atomic mass is 9.92. The van der Waals surface area contributed by atoms with Gasteiger partial charge in [0.1, 0.15) is 11.6 Å². The van der Waals surface area contributed by atoms with Crippen LogP contribution < -0.4 is 0 Å². The van der Waals surface area contributed by atoms with Crippen molar-refractivity contribution in [3.63, 3.8) is 0 Å². The maximum absolute atomic E-state index is 13.9. The number of nitrogens with zero attached hydrogens (tertiary/aromatic N) is 5. The fraction of sp³-hybridized carbons (Fsp3) is 0.455. The summed E-state index contributed by atoms with van der Waals surface area (Å²) in [5.74, 6) is -0.525. The zero-order valence-electron chi connectivity index (χ0n) is 17.4. The number of fused-ring (bicyclic) bond motifs is 1. The molecule has 0 aliphatic carbocycles. The molecule has 0 unspecified atom stereocenters. The molecule has 0 atom stereocenters. The van der Waals surface area contributed by atoms with E-state index in [2.05, 4.69) is 31.0 Å². The van der Waals surface area contributed by atoms with Crippen LogP contribution in [0.1, 0.15) is 56.6 Å². The van der Waals surface area contributed by atoms with Gasteiger partial charge in [-0.3, -0.25) is 4.79 Å². The number of carbonyl (C=O) groups excluding carboxylic acids is 1. The van der Waals surface area contributed by atoms with Crippen LogP contribution in [-0.4, -0.2) is 43.7 Å². The second kappa shape index (κ2) is 7.74. The fourth-order valence-corrected chi connectivity index (χ4v) is 3.79. The molecule has 1 amide bonds. The Morgan fingerprint density at radius 3 is 2.50 bits per heavy atom. The van der Waals surface area contributed by atoms with Crippen molar-refractivity contribution >= 4 is 11.6 Å². The van der Waals surface area contributed by atoms with E-state index in [-0.39, 0.29) is 29.2 Å². The van der Waals surface area contributed by atoms with Crippen LogP contribution in [0, 0.1) is 11.6 Å². The van der Waals surface area contributed by atoms with E-state index in [1.807, 2.05) is 16.6 Å². The Hall–Kier alpha value is -2.90. The van der Waals surface area contributed by atoms with E-state index in [4.69, 9.17) is 5.10 Å². The number of likely N-dealkylation sites (tertiary alicyclic amines) is 1. The zero-order chi connectivity index (χ0) is 21.5.